The minimum atomic E-state index is -0.339. The highest BCUT2D eigenvalue weighted by molar-refractivity contribution is 4.92. The van der Waals surface area contributed by atoms with Gasteiger partial charge in [0.05, 0.1) is 6.10 Å². The van der Waals surface area contributed by atoms with Gasteiger partial charge in [-0.15, -0.1) is 0 Å². The maximum absolute atomic E-state index is 9.36. The van der Waals surface area contributed by atoms with Crippen molar-refractivity contribution >= 4 is 0 Å². The van der Waals surface area contributed by atoms with Crippen molar-refractivity contribution in [2.45, 2.75) is 38.5 Å². The maximum Gasteiger partial charge on any atom is 0.0830 e. The van der Waals surface area contributed by atoms with E-state index in [9.17, 15) is 5.11 Å². The number of hydrogen-bond donors (Lipinski definition) is 2. The van der Waals surface area contributed by atoms with E-state index in [1.165, 1.54) is 0 Å². The van der Waals surface area contributed by atoms with Gasteiger partial charge in [0.2, 0.25) is 0 Å². The number of nitrogens with two attached hydrogens (primary N) is 1. The van der Waals surface area contributed by atoms with Gasteiger partial charge < -0.3 is 10.8 Å². The van der Waals surface area contributed by atoms with Crippen molar-refractivity contribution in [2.75, 3.05) is 13.1 Å². The first-order valence-corrected chi connectivity index (χ1v) is 4.10. The van der Waals surface area contributed by atoms with Gasteiger partial charge >= 0.3 is 0 Å². The first kappa shape index (κ1) is 8.97. The molecular formula is C8H18N2O. The SMILES string of the molecule is CC(C)(C)N1CC(N)C(O)C1. The molecule has 0 aromatic rings. The molecule has 3 N–H and O–H groups in total. The number of nitrogens with zero attached hydrogens (tertiary/aromatic N) is 1. The number of rotatable bonds is 0. The molecule has 3 heteroatoms. The van der Waals surface area contributed by atoms with Gasteiger partial charge in [-0.1, -0.05) is 0 Å². The Kier molecular flexibility index (Phi) is 2.23. The van der Waals surface area contributed by atoms with E-state index in [-0.39, 0.29) is 17.7 Å². The zero-order chi connectivity index (χ0) is 8.65. The Morgan fingerprint density at radius 3 is 2.09 bits per heavy atom. The fourth-order valence-electron chi connectivity index (χ4n) is 1.36. The quantitative estimate of drug-likeness (QED) is 0.513. The monoisotopic (exact) mass is 158 g/mol. The summed E-state index contributed by atoms with van der Waals surface area (Å²) in [6, 6.07) is -0.0609. The molecule has 2 atom stereocenters. The molecule has 0 aliphatic carbocycles. The van der Waals surface area contributed by atoms with Crippen LogP contribution in [0.15, 0.2) is 0 Å². The number of β-amino-alcohol motifs (C(OH)–C–C–N with tert-alkyl or cyclic N) is 1. The Labute approximate surface area is 68.2 Å². The highest BCUT2D eigenvalue weighted by atomic mass is 16.3. The molecule has 2 unspecified atom stereocenters. The maximum atomic E-state index is 9.36. The van der Waals surface area contributed by atoms with E-state index in [0.717, 1.165) is 6.54 Å². The molecule has 66 valence electrons. The second-order valence-electron chi connectivity index (χ2n) is 4.31. The van der Waals surface area contributed by atoms with Crippen LogP contribution < -0.4 is 5.73 Å². The first-order valence-electron chi connectivity index (χ1n) is 4.10. The zero-order valence-electron chi connectivity index (χ0n) is 7.54. The second-order valence-corrected chi connectivity index (χ2v) is 4.31. The fourth-order valence-corrected chi connectivity index (χ4v) is 1.36. The lowest BCUT2D eigenvalue weighted by atomic mass is 10.1. The molecule has 0 saturated carbocycles. The van der Waals surface area contributed by atoms with Gasteiger partial charge in [-0.2, -0.15) is 0 Å². The molecule has 0 bridgehead atoms. The van der Waals surface area contributed by atoms with Gasteiger partial charge in [0.25, 0.3) is 0 Å². The summed E-state index contributed by atoms with van der Waals surface area (Å²) in [5.74, 6) is 0. The smallest absolute Gasteiger partial charge is 0.0830 e. The van der Waals surface area contributed by atoms with E-state index in [4.69, 9.17) is 5.73 Å². The van der Waals surface area contributed by atoms with Crippen LogP contribution in [0.1, 0.15) is 20.8 Å². The van der Waals surface area contributed by atoms with E-state index in [2.05, 4.69) is 25.7 Å². The topological polar surface area (TPSA) is 49.5 Å². The van der Waals surface area contributed by atoms with E-state index in [1.807, 2.05) is 0 Å². The molecule has 0 aromatic heterocycles. The third-order valence-corrected chi connectivity index (χ3v) is 2.28. The molecule has 1 fully saturated rings. The van der Waals surface area contributed by atoms with Crippen molar-refractivity contribution in [2.24, 2.45) is 5.73 Å². The molecule has 1 rings (SSSR count). The molecule has 1 aliphatic rings. The molecule has 0 aromatic carbocycles. The third-order valence-electron chi connectivity index (χ3n) is 2.28. The minimum absolute atomic E-state index is 0.0609. The van der Waals surface area contributed by atoms with Crippen molar-refractivity contribution in [3.63, 3.8) is 0 Å². The van der Waals surface area contributed by atoms with Crippen LogP contribution in [-0.2, 0) is 0 Å². The third kappa shape index (κ3) is 1.92. The van der Waals surface area contributed by atoms with E-state index >= 15 is 0 Å². The van der Waals surface area contributed by atoms with Crippen molar-refractivity contribution in [1.29, 1.82) is 0 Å². The average molecular weight is 158 g/mol. The molecule has 1 heterocycles. The fraction of sp³-hybridized carbons (Fsp3) is 1.00. The van der Waals surface area contributed by atoms with Crippen molar-refractivity contribution in [3.8, 4) is 0 Å². The second kappa shape index (κ2) is 2.73. The zero-order valence-corrected chi connectivity index (χ0v) is 7.54. The molecule has 1 aliphatic heterocycles. The van der Waals surface area contributed by atoms with Crippen LogP contribution in [0, 0.1) is 0 Å². The Balaban J connectivity index is 2.54. The van der Waals surface area contributed by atoms with Crippen molar-refractivity contribution in [1.82, 2.24) is 4.90 Å². The number of aliphatic hydroxyl groups excluding tert-OH is 1. The highest BCUT2D eigenvalue weighted by Crippen LogP contribution is 2.19. The molecule has 3 nitrogen and oxygen atoms in total. The lowest BCUT2D eigenvalue weighted by molar-refractivity contribution is 0.128. The molecule has 1 saturated heterocycles. The van der Waals surface area contributed by atoms with Gasteiger partial charge in [0, 0.05) is 24.7 Å². The summed E-state index contributed by atoms with van der Waals surface area (Å²) in [5.41, 5.74) is 5.81. The Morgan fingerprint density at radius 1 is 1.36 bits per heavy atom. The van der Waals surface area contributed by atoms with E-state index in [0.29, 0.717) is 6.54 Å². The summed E-state index contributed by atoms with van der Waals surface area (Å²) in [7, 11) is 0. The molecule has 11 heavy (non-hydrogen) atoms. The standard InChI is InChI=1S/C8H18N2O/c1-8(2,3)10-4-6(9)7(11)5-10/h6-7,11H,4-5,9H2,1-3H3. The number of aliphatic hydroxyl groups is 1. The van der Waals surface area contributed by atoms with E-state index in [1.54, 1.807) is 0 Å². The van der Waals surface area contributed by atoms with Crippen LogP contribution >= 0.6 is 0 Å². The van der Waals surface area contributed by atoms with Gasteiger partial charge in [-0.25, -0.2) is 0 Å². The van der Waals surface area contributed by atoms with Gasteiger partial charge in [-0.05, 0) is 20.8 Å². The Hall–Kier alpha value is -0.120. The van der Waals surface area contributed by atoms with Crippen LogP contribution in [0.4, 0.5) is 0 Å². The van der Waals surface area contributed by atoms with Crippen LogP contribution in [0.2, 0.25) is 0 Å². The van der Waals surface area contributed by atoms with Crippen molar-refractivity contribution < 1.29 is 5.11 Å². The molecule has 0 amide bonds. The highest BCUT2D eigenvalue weighted by Gasteiger charge is 2.34. The van der Waals surface area contributed by atoms with Crippen LogP contribution in [-0.4, -0.2) is 40.8 Å². The van der Waals surface area contributed by atoms with Crippen LogP contribution in [0.3, 0.4) is 0 Å². The number of hydrogen-bond acceptors (Lipinski definition) is 3. The predicted molar refractivity (Wildman–Crippen MR) is 45.3 cm³/mol. The Morgan fingerprint density at radius 2 is 1.91 bits per heavy atom. The summed E-state index contributed by atoms with van der Waals surface area (Å²) in [6.45, 7) is 7.93. The Bertz CT molecular complexity index is 132. The largest absolute Gasteiger partial charge is 0.390 e. The van der Waals surface area contributed by atoms with Crippen LogP contribution in [0.25, 0.3) is 0 Å². The van der Waals surface area contributed by atoms with Gasteiger partial charge in [0.15, 0.2) is 0 Å². The minimum Gasteiger partial charge on any atom is -0.390 e. The summed E-state index contributed by atoms with van der Waals surface area (Å²) in [5, 5.41) is 9.36. The lowest BCUT2D eigenvalue weighted by Gasteiger charge is -2.31. The summed E-state index contributed by atoms with van der Waals surface area (Å²) < 4.78 is 0. The molecule has 0 spiro atoms. The van der Waals surface area contributed by atoms with Crippen molar-refractivity contribution in [3.05, 3.63) is 0 Å². The normalized spacial score (nSPS) is 34.6. The summed E-state index contributed by atoms with van der Waals surface area (Å²) in [6.07, 6.45) is -0.339. The summed E-state index contributed by atoms with van der Waals surface area (Å²) >= 11 is 0. The molecule has 0 radical (unpaired) electrons. The van der Waals surface area contributed by atoms with Crippen LogP contribution in [0.5, 0.6) is 0 Å². The van der Waals surface area contributed by atoms with Gasteiger partial charge in [-0.3, -0.25) is 4.90 Å². The van der Waals surface area contributed by atoms with Gasteiger partial charge in [0.1, 0.15) is 0 Å². The number of likely N-dealkylation sites (tertiary alicyclic amines) is 1. The predicted octanol–water partition coefficient (Wildman–Crippen LogP) is -0.211. The lowest BCUT2D eigenvalue weighted by Crippen LogP contribution is -2.40. The summed E-state index contributed by atoms with van der Waals surface area (Å²) in [4.78, 5) is 2.21. The average Bonchev–Trinajstić information content (AvgIpc) is 2.11. The molecular weight excluding hydrogens is 140 g/mol. The first-order chi connectivity index (χ1) is 4.91. The van der Waals surface area contributed by atoms with E-state index < -0.39 is 0 Å².